The first-order valence-corrected chi connectivity index (χ1v) is 12.6. The molecule has 8 atom stereocenters. The summed E-state index contributed by atoms with van der Waals surface area (Å²) in [5, 5.41) is 10.2. The van der Waals surface area contributed by atoms with Crippen LogP contribution < -0.4 is 0 Å². The van der Waals surface area contributed by atoms with Crippen molar-refractivity contribution in [3.8, 4) is 0 Å². The number of carbonyl (C=O) groups is 1. The number of hydrogen-bond donors (Lipinski definition) is 1. The van der Waals surface area contributed by atoms with Crippen LogP contribution in [0.25, 0.3) is 0 Å². The largest absolute Gasteiger partial charge is 0.392 e. The quantitative estimate of drug-likeness (QED) is 0.530. The van der Waals surface area contributed by atoms with Gasteiger partial charge in [0.05, 0.1) is 11.5 Å². The summed E-state index contributed by atoms with van der Waals surface area (Å²) >= 11 is 0. The van der Waals surface area contributed by atoms with Crippen LogP contribution in [0.4, 0.5) is 0 Å². The average molecular weight is 401 g/mol. The van der Waals surface area contributed by atoms with Gasteiger partial charge in [-0.1, -0.05) is 58.6 Å². The minimum absolute atomic E-state index is 0.287. The lowest BCUT2D eigenvalue weighted by Gasteiger charge is -2.57. The molecule has 4 aliphatic rings. The molecule has 29 heavy (non-hydrogen) atoms. The Morgan fingerprint density at radius 3 is 2.55 bits per heavy atom. The van der Waals surface area contributed by atoms with Crippen LogP contribution in [0.5, 0.6) is 0 Å². The lowest BCUT2D eigenvalue weighted by molar-refractivity contribution is -0.140. The number of carbonyl (C=O) groups excluding carboxylic acids is 1. The van der Waals surface area contributed by atoms with E-state index in [-0.39, 0.29) is 5.41 Å². The molecule has 0 aromatic carbocycles. The summed E-state index contributed by atoms with van der Waals surface area (Å²) in [4.78, 5) is 13.1. The normalized spacial score (nSPS) is 45.4. The van der Waals surface area contributed by atoms with E-state index in [0.717, 1.165) is 36.5 Å². The molecule has 0 spiro atoms. The van der Waals surface area contributed by atoms with Crippen molar-refractivity contribution in [2.45, 2.75) is 105 Å². The van der Waals surface area contributed by atoms with Gasteiger partial charge in [0.2, 0.25) is 0 Å². The number of fused-ring (bicyclic) bond motifs is 5. The molecule has 0 aromatic rings. The van der Waals surface area contributed by atoms with Gasteiger partial charge in [-0.2, -0.15) is 0 Å². The molecule has 0 radical (unpaired) electrons. The van der Waals surface area contributed by atoms with Crippen LogP contribution in [-0.4, -0.2) is 17.0 Å². The Hall–Kier alpha value is -0.630. The molecule has 3 saturated carbocycles. The fraction of sp³-hybridized carbons (Fsp3) is 0.889. The molecule has 1 unspecified atom stereocenters. The van der Waals surface area contributed by atoms with Crippen molar-refractivity contribution in [3.63, 3.8) is 0 Å². The Labute approximate surface area is 178 Å². The van der Waals surface area contributed by atoms with Gasteiger partial charge >= 0.3 is 0 Å². The maximum Gasteiger partial charge on any atom is 0.145 e. The van der Waals surface area contributed by atoms with E-state index in [4.69, 9.17) is 0 Å². The third kappa shape index (κ3) is 3.46. The number of Topliss-reactive ketones (excluding diaryl/α,β-unsaturated/α-hetero) is 1. The molecule has 0 aromatic heterocycles. The minimum atomic E-state index is -0.449. The summed E-state index contributed by atoms with van der Waals surface area (Å²) < 4.78 is 0. The predicted octanol–water partition coefficient (Wildman–Crippen LogP) is 6.57. The summed E-state index contributed by atoms with van der Waals surface area (Å²) in [6.07, 6.45) is 13.6. The Morgan fingerprint density at radius 1 is 1.07 bits per heavy atom. The van der Waals surface area contributed by atoms with Crippen LogP contribution in [0.15, 0.2) is 11.6 Å². The van der Waals surface area contributed by atoms with Crippen LogP contribution in [0.2, 0.25) is 0 Å². The fourth-order valence-electron chi connectivity index (χ4n) is 8.52. The van der Waals surface area contributed by atoms with Gasteiger partial charge in [0.1, 0.15) is 5.78 Å². The van der Waals surface area contributed by atoms with Crippen molar-refractivity contribution in [2.75, 3.05) is 0 Å². The van der Waals surface area contributed by atoms with Gasteiger partial charge in [0.25, 0.3) is 0 Å². The topological polar surface area (TPSA) is 37.3 Å². The standard InChI is InChI=1S/C27H44O2/c1-17(2)7-6-8-18(3)22-11-12-23-21-10-9-19-15-20(28)16-25(29)27(19,5)24(21)13-14-26(22,23)4/h9,17-18,20-24,28H,6-8,10-16H2,1-5H3/t18-,20?,21+,22-,23+,24+,26-,27+/m1/s1. The summed E-state index contributed by atoms with van der Waals surface area (Å²) in [5.74, 6) is 4.80. The number of aliphatic hydroxyl groups excluding tert-OH is 1. The van der Waals surface area contributed by atoms with Crippen molar-refractivity contribution in [3.05, 3.63) is 11.6 Å². The van der Waals surface area contributed by atoms with Crippen LogP contribution in [0, 0.1) is 46.3 Å². The first-order valence-electron chi connectivity index (χ1n) is 12.6. The molecule has 0 bridgehead atoms. The molecule has 2 heteroatoms. The monoisotopic (exact) mass is 400 g/mol. The Kier molecular flexibility index (Phi) is 5.82. The van der Waals surface area contributed by atoms with Crippen molar-refractivity contribution >= 4 is 5.78 Å². The van der Waals surface area contributed by atoms with Crippen LogP contribution in [0.3, 0.4) is 0 Å². The van der Waals surface area contributed by atoms with E-state index in [0.29, 0.717) is 29.5 Å². The zero-order chi connectivity index (χ0) is 21.0. The van der Waals surface area contributed by atoms with E-state index in [1.54, 1.807) is 0 Å². The van der Waals surface area contributed by atoms with Gasteiger partial charge in [-0.25, -0.2) is 0 Å². The number of rotatable bonds is 5. The highest BCUT2D eigenvalue weighted by molar-refractivity contribution is 5.90. The lowest BCUT2D eigenvalue weighted by Crippen LogP contribution is -2.54. The number of allylic oxidation sites excluding steroid dienone is 1. The first kappa shape index (κ1) is 21.6. The van der Waals surface area contributed by atoms with Crippen molar-refractivity contribution < 1.29 is 9.90 Å². The molecule has 0 heterocycles. The van der Waals surface area contributed by atoms with Crippen molar-refractivity contribution in [2.24, 2.45) is 46.3 Å². The van der Waals surface area contributed by atoms with Gasteiger partial charge < -0.3 is 5.11 Å². The summed E-state index contributed by atoms with van der Waals surface area (Å²) in [6.45, 7) is 12.1. The van der Waals surface area contributed by atoms with E-state index >= 15 is 0 Å². The van der Waals surface area contributed by atoms with E-state index in [1.165, 1.54) is 50.5 Å². The second-order valence-electron chi connectivity index (χ2n) is 12.1. The molecule has 0 amide bonds. The second kappa shape index (κ2) is 7.81. The van der Waals surface area contributed by atoms with Gasteiger partial charge in [0.15, 0.2) is 0 Å². The number of aliphatic hydroxyl groups is 1. The summed E-state index contributed by atoms with van der Waals surface area (Å²) in [5.41, 5.74) is 1.45. The SMILES string of the molecule is CC(C)CCC[C@@H](C)[C@H]1CC[C@H]2[C@@H]3CC=C4CC(O)CC(=O)[C@]4(C)[C@H]3CC[C@]12C. The summed E-state index contributed by atoms with van der Waals surface area (Å²) in [7, 11) is 0. The van der Waals surface area contributed by atoms with Gasteiger partial charge in [0, 0.05) is 6.42 Å². The zero-order valence-corrected chi connectivity index (χ0v) is 19.5. The molecule has 3 fully saturated rings. The Morgan fingerprint density at radius 2 is 1.83 bits per heavy atom. The number of hydrogen-bond acceptors (Lipinski definition) is 2. The van der Waals surface area contributed by atoms with E-state index in [1.807, 2.05) is 0 Å². The van der Waals surface area contributed by atoms with Gasteiger partial charge in [-0.15, -0.1) is 0 Å². The summed E-state index contributed by atoms with van der Waals surface area (Å²) in [6, 6.07) is 0. The Balaban J connectivity index is 1.52. The van der Waals surface area contributed by atoms with Crippen molar-refractivity contribution in [1.82, 2.24) is 0 Å². The van der Waals surface area contributed by atoms with E-state index < -0.39 is 6.10 Å². The van der Waals surface area contributed by atoms with E-state index in [2.05, 4.69) is 40.7 Å². The third-order valence-electron chi connectivity index (χ3n) is 10.1. The van der Waals surface area contributed by atoms with Gasteiger partial charge in [-0.05, 0) is 86.4 Å². The highest BCUT2D eigenvalue weighted by Gasteiger charge is 2.60. The minimum Gasteiger partial charge on any atom is -0.392 e. The predicted molar refractivity (Wildman–Crippen MR) is 119 cm³/mol. The highest BCUT2D eigenvalue weighted by Crippen LogP contribution is 2.66. The van der Waals surface area contributed by atoms with Gasteiger partial charge in [-0.3, -0.25) is 4.79 Å². The van der Waals surface area contributed by atoms with Crippen LogP contribution in [-0.2, 0) is 4.79 Å². The molecule has 0 saturated heterocycles. The molecule has 4 rings (SSSR count). The molecule has 164 valence electrons. The fourth-order valence-corrected chi connectivity index (χ4v) is 8.52. The molecule has 4 aliphatic carbocycles. The van der Waals surface area contributed by atoms with Crippen LogP contribution in [0.1, 0.15) is 98.8 Å². The smallest absolute Gasteiger partial charge is 0.145 e. The first-order chi connectivity index (χ1) is 13.7. The maximum atomic E-state index is 13.1. The highest BCUT2D eigenvalue weighted by atomic mass is 16.3. The third-order valence-corrected chi connectivity index (χ3v) is 10.1. The van der Waals surface area contributed by atoms with E-state index in [9.17, 15) is 9.90 Å². The average Bonchev–Trinajstić information content (AvgIpc) is 3.00. The Bertz CT molecular complexity index is 663. The zero-order valence-electron chi connectivity index (χ0n) is 19.5. The molecular weight excluding hydrogens is 356 g/mol. The molecule has 2 nitrogen and oxygen atoms in total. The molecule has 1 N–H and O–H groups in total. The second-order valence-corrected chi connectivity index (χ2v) is 12.1. The maximum absolute atomic E-state index is 13.1. The van der Waals surface area contributed by atoms with Crippen molar-refractivity contribution in [1.29, 1.82) is 0 Å². The molecule has 0 aliphatic heterocycles. The molecular formula is C27H44O2. The van der Waals surface area contributed by atoms with Crippen LogP contribution >= 0.6 is 0 Å². The lowest BCUT2D eigenvalue weighted by atomic mass is 9.46. The number of ketones is 1.